The van der Waals surface area contributed by atoms with E-state index in [4.69, 9.17) is 10.2 Å². The first-order chi connectivity index (χ1) is 9.82. The van der Waals surface area contributed by atoms with Crippen molar-refractivity contribution in [3.63, 3.8) is 0 Å². The Labute approximate surface area is 122 Å². The van der Waals surface area contributed by atoms with Crippen molar-refractivity contribution in [1.29, 1.82) is 0 Å². The number of carbonyl (C=O) groups is 3. The Bertz CT molecular complexity index is 546. The molecule has 1 aromatic rings. The van der Waals surface area contributed by atoms with E-state index >= 15 is 0 Å². The maximum atomic E-state index is 11.8. The van der Waals surface area contributed by atoms with E-state index < -0.39 is 40.2 Å². The lowest BCUT2D eigenvalue weighted by Gasteiger charge is -2.20. The third-order valence-corrected chi connectivity index (χ3v) is 3.41. The van der Waals surface area contributed by atoms with Gasteiger partial charge in [-0.2, -0.15) is 0 Å². The highest BCUT2D eigenvalue weighted by atomic mass is 32.2. The molecule has 2 unspecified atom stereocenters. The zero-order chi connectivity index (χ0) is 16.0. The molecule has 0 spiro atoms. The van der Waals surface area contributed by atoms with Crippen molar-refractivity contribution in [1.82, 2.24) is 5.32 Å². The summed E-state index contributed by atoms with van der Waals surface area (Å²) in [4.78, 5) is 33.1. The second kappa shape index (κ2) is 7.50. The summed E-state index contributed by atoms with van der Waals surface area (Å²) >= 11 is -2.82. The van der Waals surface area contributed by atoms with Crippen LogP contribution in [0.25, 0.3) is 0 Å². The maximum absolute atomic E-state index is 11.8. The lowest BCUT2D eigenvalue weighted by atomic mass is 10.1. The molecule has 3 N–H and O–H groups in total. The quantitative estimate of drug-likeness (QED) is 0.438. The number of aliphatic carboxylic acids is 2. The van der Waals surface area contributed by atoms with Crippen LogP contribution < -0.4 is 5.32 Å². The normalized spacial score (nSPS) is 13.4. The van der Waals surface area contributed by atoms with Crippen LogP contribution in [0.3, 0.4) is 0 Å². The minimum Gasteiger partial charge on any atom is -0.772 e. The van der Waals surface area contributed by atoms with Crippen LogP contribution in [0.2, 0.25) is 0 Å². The molecule has 0 saturated carbocycles. The fraction of sp³-hybridized carbons (Fsp3) is 0.250. The van der Waals surface area contributed by atoms with Gasteiger partial charge in [-0.05, 0) is 23.1 Å². The number of benzene rings is 1. The van der Waals surface area contributed by atoms with Gasteiger partial charge in [-0.25, -0.2) is 9.59 Å². The minimum absolute atomic E-state index is 0.186. The molecule has 21 heavy (non-hydrogen) atoms. The Hall–Kier alpha value is -2.26. The minimum atomic E-state index is -2.82. The Kier molecular flexibility index (Phi) is 6.00. The molecule has 0 aliphatic carbocycles. The Morgan fingerprint density at radius 3 is 2.10 bits per heavy atom. The van der Waals surface area contributed by atoms with Crippen molar-refractivity contribution in [3.05, 3.63) is 35.9 Å². The van der Waals surface area contributed by atoms with E-state index in [9.17, 15) is 23.1 Å². The van der Waals surface area contributed by atoms with Gasteiger partial charge in [0, 0.05) is 0 Å². The van der Waals surface area contributed by atoms with E-state index in [1.54, 1.807) is 35.6 Å². The molecule has 114 valence electrons. The predicted molar refractivity (Wildman–Crippen MR) is 70.1 cm³/mol. The highest BCUT2D eigenvalue weighted by molar-refractivity contribution is 7.80. The number of hydrogen-bond acceptors (Lipinski definition) is 5. The third-order valence-electron chi connectivity index (χ3n) is 2.57. The molecule has 1 rings (SSSR count). The van der Waals surface area contributed by atoms with Gasteiger partial charge < -0.3 is 20.1 Å². The van der Waals surface area contributed by atoms with Crippen molar-refractivity contribution < 1.29 is 33.4 Å². The molecule has 0 saturated heterocycles. The molecular weight excluding hydrogens is 302 g/mol. The van der Waals surface area contributed by atoms with Gasteiger partial charge in [0.15, 0.2) is 0 Å². The number of amides is 1. The van der Waals surface area contributed by atoms with Crippen molar-refractivity contribution in [3.8, 4) is 0 Å². The summed E-state index contributed by atoms with van der Waals surface area (Å²) in [5, 5.41) is 17.4. The fourth-order valence-corrected chi connectivity index (χ4v) is 2.11. The van der Waals surface area contributed by atoms with Gasteiger partial charge in [0.05, 0.1) is 0 Å². The van der Waals surface area contributed by atoms with Crippen molar-refractivity contribution in [2.45, 2.75) is 17.7 Å². The monoisotopic (exact) mass is 314 g/mol. The summed E-state index contributed by atoms with van der Waals surface area (Å²) < 4.78 is 22.2. The average Bonchev–Trinajstić information content (AvgIpc) is 2.42. The van der Waals surface area contributed by atoms with E-state index in [1.807, 2.05) is 0 Å². The second-order valence-electron chi connectivity index (χ2n) is 4.06. The second-order valence-corrected chi connectivity index (χ2v) is 5.15. The van der Waals surface area contributed by atoms with Gasteiger partial charge in [0.25, 0.3) is 0 Å². The molecule has 2 atom stereocenters. The van der Waals surface area contributed by atoms with Crippen molar-refractivity contribution >= 4 is 28.9 Å². The van der Waals surface area contributed by atoms with Crippen molar-refractivity contribution in [2.75, 3.05) is 0 Å². The molecule has 9 heteroatoms. The molecule has 0 fully saturated rings. The Morgan fingerprint density at radius 2 is 1.67 bits per heavy atom. The van der Waals surface area contributed by atoms with E-state index in [0.29, 0.717) is 5.56 Å². The molecule has 0 aliphatic heterocycles. The molecule has 0 heterocycles. The number of carbonyl (C=O) groups excluding carboxylic acids is 1. The summed E-state index contributed by atoms with van der Waals surface area (Å²) in [5.41, 5.74) is 0.545. The molecule has 0 radical (unpaired) electrons. The molecule has 1 aromatic carbocycles. The van der Waals surface area contributed by atoms with Crippen LogP contribution in [0.4, 0.5) is 0 Å². The Balaban J connectivity index is 2.86. The van der Waals surface area contributed by atoms with Gasteiger partial charge in [0.2, 0.25) is 11.9 Å². The van der Waals surface area contributed by atoms with Gasteiger partial charge in [-0.15, -0.1) is 0 Å². The Morgan fingerprint density at radius 1 is 1.14 bits per heavy atom. The maximum Gasteiger partial charge on any atom is 0.338 e. The molecule has 0 aromatic heterocycles. The highest BCUT2D eigenvalue weighted by Crippen LogP contribution is 2.08. The SMILES string of the molecule is O=C(O)C(NC(=O)C(Cc1ccccc1)S(=O)[O-])C(=O)O. The molecule has 8 nitrogen and oxygen atoms in total. The first-order valence-corrected chi connectivity index (χ1v) is 6.84. The van der Waals surface area contributed by atoms with Gasteiger partial charge >= 0.3 is 11.9 Å². The fourth-order valence-electron chi connectivity index (χ4n) is 1.54. The molecule has 1 amide bonds. The van der Waals surface area contributed by atoms with Crippen LogP contribution in [-0.4, -0.2) is 48.1 Å². The number of carboxylic acids is 2. The topological polar surface area (TPSA) is 144 Å². The summed E-state index contributed by atoms with van der Waals surface area (Å²) in [6.07, 6.45) is -0.186. The number of nitrogens with one attached hydrogen (secondary N) is 1. The van der Waals surface area contributed by atoms with Crippen molar-refractivity contribution in [2.24, 2.45) is 0 Å². The summed E-state index contributed by atoms with van der Waals surface area (Å²) in [6, 6.07) is 6.00. The van der Waals surface area contributed by atoms with Crippen LogP contribution in [0.15, 0.2) is 30.3 Å². The van der Waals surface area contributed by atoms with Crippen LogP contribution in [0.1, 0.15) is 5.56 Å². The van der Waals surface area contributed by atoms with E-state index in [0.717, 1.165) is 0 Å². The van der Waals surface area contributed by atoms with Gasteiger partial charge in [-0.3, -0.25) is 9.00 Å². The van der Waals surface area contributed by atoms with Gasteiger partial charge in [0.1, 0.15) is 5.25 Å². The first-order valence-electron chi connectivity index (χ1n) is 5.71. The first kappa shape index (κ1) is 16.8. The predicted octanol–water partition coefficient (Wildman–Crippen LogP) is -0.869. The van der Waals surface area contributed by atoms with Crippen LogP contribution in [-0.2, 0) is 31.9 Å². The zero-order valence-corrected chi connectivity index (χ0v) is 11.4. The largest absolute Gasteiger partial charge is 0.772 e. The molecule has 0 bridgehead atoms. The van der Waals surface area contributed by atoms with Crippen LogP contribution >= 0.6 is 0 Å². The molecular formula is C12H12NO7S-. The lowest BCUT2D eigenvalue weighted by molar-refractivity contribution is -0.153. The zero-order valence-electron chi connectivity index (χ0n) is 10.6. The molecule has 0 aliphatic rings. The summed E-state index contributed by atoms with van der Waals surface area (Å²) in [7, 11) is 0. The third kappa shape index (κ3) is 4.97. The highest BCUT2D eigenvalue weighted by Gasteiger charge is 2.31. The standard InChI is InChI=1S/C12H13NO7S/c14-10(13-9(11(15)16)12(17)18)8(21(19)20)6-7-4-2-1-3-5-7/h1-5,8-9H,6H2,(H,13,14)(H,15,16)(H,17,18)(H,19,20)/p-1. The summed E-state index contributed by atoms with van der Waals surface area (Å²) in [6.45, 7) is 0. The smallest absolute Gasteiger partial charge is 0.338 e. The lowest BCUT2D eigenvalue weighted by Crippen LogP contribution is -2.51. The summed E-state index contributed by atoms with van der Waals surface area (Å²) in [5.74, 6) is -4.75. The average molecular weight is 314 g/mol. The van der Waals surface area contributed by atoms with Gasteiger partial charge in [-0.1, -0.05) is 30.3 Å². The van der Waals surface area contributed by atoms with E-state index in [2.05, 4.69) is 0 Å². The van der Waals surface area contributed by atoms with E-state index in [-0.39, 0.29) is 6.42 Å². The van der Waals surface area contributed by atoms with E-state index in [1.165, 1.54) is 0 Å². The number of rotatable bonds is 7. The number of carboxylic acid groups (broad SMARTS) is 2. The van der Waals surface area contributed by atoms with Crippen LogP contribution in [0.5, 0.6) is 0 Å². The number of hydrogen-bond donors (Lipinski definition) is 3. The van der Waals surface area contributed by atoms with Crippen LogP contribution in [0, 0.1) is 0 Å².